The molecule has 3 nitrogen and oxygen atoms in total. The summed E-state index contributed by atoms with van der Waals surface area (Å²) in [4.78, 5) is 0. The van der Waals surface area contributed by atoms with E-state index < -0.39 is 0 Å². The zero-order valence-electron chi connectivity index (χ0n) is 12.9. The van der Waals surface area contributed by atoms with Crippen LogP contribution < -0.4 is 11.3 Å². The minimum absolute atomic E-state index is 0.0403. The fourth-order valence-corrected chi connectivity index (χ4v) is 2.48. The second-order valence-electron chi connectivity index (χ2n) is 6.34. The quantitative estimate of drug-likeness (QED) is 0.661. The number of hydrazine groups is 1. The van der Waals surface area contributed by atoms with Gasteiger partial charge in [0.25, 0.3) is 0 Å². The van der Waals surface area contributed by atoms with Gasteiger partial charge in [0.2, 0.25) is 0 Å². The van der Waals surface area contributed by atoms with Crippen molar-refractivity contribution in [1.82, 2.24) is 5.43 Å². The Morgan fingerprint density at radius 2 is 1.70 bits per heavy atom. The van der Waals surface area contributed by atoms with Crippen molar-refractivity contribution in [3.8, 4) is 0 Å². The van der Waals surface area contributed by atoms with Crippen molar-refractivity contribution in [1.29, 1.82) is 0 Å². The Kier molecular flexibility index (Phi) is 4.02. The Bertz CT molecular complexity index is 576. The van der Waals surface area contributed by atoms with E-state index in [1.165, 1.54) is 5.56 Å². The highest BCUT2D eigenvalue weighted by atomic mass is 16.3. The fourth-order valence-electron chi connectivity index (χ4n) is 2.48. The Hall–Kier alpha value is -1.58. The molecule has 0 aliphatic rings. The van der Waals surface area contributed by atoms with Crippen molar-refractivity contribution in [3.63, 3.8) is 0 Å². The SMILES string of the molecule is Cc1cc(C(NN)c2ccc(C(C)(C)C)cc2)c(C)o1. The number of furan rings is 1. The first-order chi connectivity index (χ1) is 9.32. The van der Waals surface area contributed by atoms with Gasteiger partial charge in [-0.05, 0) is 36.5 Å². The molecule has 3 heteroatoms. The van der Waals surface area contributed by atoms with Gasteiger partial charge in [0.1, 0.15) is 11.5 Å². The van der Waals surface area contributed by atoms with Gasteiger partial charge in [-0.15, -0.1) is 0 Å². The van der Waals surface area contributed by atoms with Crippen LogP contribution in [0.25, 0.3) is 0 Å². The normalized spacial score (nSPS) is 13.5. The van der Waals surface area contributed by atoms with Gasteiger partial charge in [0.05, 0.1) is 6.04 Å². The number of rotatable bonds is 3. The summed E-state index contributed by atoms with van der Waals surface area (Å²) in [6, 6.07) is 10.6. The summed E-state index contributed by atoms with van der Waals surface area (Å²) >= 11 is 0. The summed E-state index contributed by atoms with van der Waals surface area (Å²) < 4.78 is 5.60. The molecule has 1 unspecified atom stereocenters. The molecule has 0 spiro atoms. The van der Waals surface area contributed by atoms with E-state index >= 15 is 0 Å². The van der Waals surface area contributed by atoms with E-state index in [4.69, 9.17) is 10.3 Å². The predicted molar refractivity (Wildman–Crippen MR) is 82.5 cm³/mol. The maximum absolute atomic E-state index is 5.75. The molecule has 0 aliphatic heterocycles. The summed E-state index contributed by atoms with van der Waals surface area (Å²) in [6.45, 7) is 10.6. The van der Waals surface area contributed by atoms with Crippen LogP contribution in [0.15, 0.2) is 34.7 Å². The average Bonchev–Trinajstić information content (AvgIpc) is 2.69. The van der Waals surface area contributed by atoms with Gasteiger partial charge in [0, 0.05) is 5.56 Å². The highest BCUT2D eigenvalue weighted by Gasteiger charge is 2.19. The summed E-state index contributed by atoms with van der Waals surface area (Å²) in [5.41, 5.74) is 6.60. The topological polar surface area (TPSA) is 51.2 Å². The van der Waals surface area contributed by atoms with Gasteiger partial charge >= 0.3 is 0 Å². The van der Waals surface area contributed by atoms with E-state index in [1.807, 2.05) is 19.9 Å². The molecule has 1 aromatic heterocycles. The van der Waals surface area contributed by atoms with Gasteiger partial charge in [0.15, 0.2) is 0 Å². The summed E-state index contributed by atoms with van der Waals surface area (Å²) in [5.74, 6) is 7.56. The average molecular weight is 272 g/mol. The van der Waals surface area contributed by atoms with E-state index in [9.17, 15) is 0 Å². The molecule has 0 saturated heterocycles. The second kappa shape index (κ2) is 5.43. The fraction of sp³-hybridized carbons (Fsp3) is 0.412. The molecular weight excluding hydrogens is 248 g/mol. The van der Waals surface area contributed by atoms with E-state index in [1.54, 1.807) is 0 Å². The largest absolute Gasteiger partial charge is 0.466 e. The van der Waals surface area contributed by atoms with Crippen LogP contribution in [-0.4, -0.2) is 0 Å². The van der Waals surface area contributed by atoms with Gasteiger partial charge in [-0.25, -0.2) is 5.43 Å². The van der Waals surface area contributed by atoms with Crippen LogP contribution in [0.4, 0.5) is 0 Å². The van der Waals surface area contributed by atoms with Crippen LogP contribution in [0.5, 0.6) is 0 Å². The van der Waals surface area contributed by atoms with E-state index in [2.05, 4.69) is 50.5 Å². The molecule has 1 atom stereocenters. The van der Waals surface area contributed by atoms with Crippen LogP contribution in [0, 0.1) is 13.8 Å². The maximum Gasteiger partial charge on any atom is 0.106 e. The number of benzene rings is 1. The lowest BCUT2D eigenvalue weighted by molar-refractivity contribution is 0.495. The van der Waals surface area contributed by atoms with Crippen LogP contribution in [0.3, 0.4) is 0 Å². The van der Waals surface area contributed by atoms with Crippen molar-refractivity contribution >= 4 is 0 Å². The van der Waals surface area contributed by atoms with Gasteiger partial charge in [-0.2, -0.15) is 0 Å². The minimum Gasteiger partial charge on any atom is -0.466 e. The molecule has 0 amide bonds. The molecule has 0 radical (unpaired) electrons. The molecule has 1 aromatic carbocycles. The van der Waals surface area contributed by atoms with Crippen molar-refractivity contribution in [2.75, 3.05) is 0 Å². The Morgan fingerprint density at radius 1 is 1.10 bits per heavy atom. The number of hydrogen-bond donors (Lipinski definition) is 2. The molecule has 108 valence electrons. The zero-order chi connectivity index (χ0) is 14.9. The van der Waals surface area contributed by atoms with Crippen LogP contribution in [0.2, 0.25) is 0 Å². The predicted octanol–water partition coefficient (Wildman–Crippen LogP) is 3.75. The first kappa shape index (κ1) is 14.8. The number of nitrogens with one attached hydrogen (secondary N) is 1. The van der Waals surface area contributed by atoms with Crippen molar-refractivity contribution in [3.05, 3.63) is 58.5 Å². The minimum atomic E-state index is -0.0403. The lowest BCUT2D eigenvalue weighted by atomic mass is 9.86. The van der Waals surface area contributed by atoms with E-state index in [-0.39, 0.29) is 11.5 Å². The Morgan fingerprint density at radius 3 is 2.10 bits per heavy atom. The Labute approximate surface area is 121 Å². The number of aryl methyl sites for hydroxylation is 2. The second-order valence-corrected chi connectivity index (χ2v) is 6.34. The molecule has 0 saturated carbocycles. The molecule has 0 fully saturated rings. The standard InChI is InChI=1S/C17H24N2O/c1-11-10-15(12(2)20-11)16(19-18)13-6-8-14(9-7-13)17(3,4)5/h6-10,16,19H,18H2,1-5H3. The third-order valence-corrected chi connectivity index (χ3v) is 3.67. The summed E-state index contributed by atoms with van der Waals surface area (Å²) in [6.07, 6.45) is 0. The van der Waals surface area contributed by atoms with Crippen LogP contribution in [0.1, 0.15) is 55.0 Å². The lowest BCUT2D eigenvalue weighted by Gasteiger charge is -2.21. The molecule has 20 heavy (non-hydrogen) atoms. The van der Waals surface area contributed by atoms with Crippen molar-refractivity contribution < 1.29 is 4.42 Å². The maximum atomic E-state index is 5.75. The third kappa shape index (κ3) is 2.94. The lowest BCUT2D eigenvalue weighted by Crippen LogP contribution is -2.29. The highest BCUT2D eigenvalue weighted by molar-refractivity contribution is 5.37. The molecule has 3 N–H and O–H groups in total. The molecule has 2 rings (SSSR count). The molecule has 0 aliphatic carbocycles. The zero-order valence-corrected chi connectivity index (χ0v) is 12.9. The first-order valence-electron chi connectivity index (χ1n) is 6.96. The van der Waals surface area contributed by atoms with Crippen LogP contribution >= 0.6 is 0 Å². The van der Waals surface area contributed by atoms with Crippen LogP contribution in [-0.2, 0) is 5.41 Å². The van der Waals surface area contributed by atoms with E-state index in [0.717, 1.165) is 22.6 Å². The summed E-state index contributed by atoms with van der Waals surface area (Å²) in [5, 5.41) is 0. The van der Waals surface area contributed by atoms with Crippen molar-refractivity contribution in [2.45, 2.75) is 46.1 Å². The molecule has 1 heterocycles. The highest BCUT2D eigenvalue weighted by Crippen LogP contribution is 2.29. The molecule has 0 bridgehead atoms. The number of nitrogens with two attached hydrogens (primary N) is 1. The Balaban J connectivity index is 2.35. The molecular formula is C17H24N2O. The van der Waals surface area contributed by atoms with Gasteiger partial charge in [-0.3, -0.25) is 5.84 Å². The smallest absolute Gasteiger partial charge is 0.106 e. The van der Waals surface area contributed by atoms with Crippen molar-refractivity contribution in [2.24, 2.45) is 5.84 Å². The van der Waals surface area contributed by atoms with Gasteiger partial charge in [-0.1, -0.05) is 45.0 Å². The summed E-state index contributed by atoms with van der Waals surface area (Å²) in [7, 11) is 0. The van der Waals surface area contributed by atoms with Gasteiger partial charge < -0.3 is 4.42 Å². The number of hydrogen-bond acceptors (Lipinski definition) is 3. The third-order valence-electron chi connectivity index (χ3n) is 3.67. The first-order valence-corrected chi connectivity index (χ1v) is 6.96. The van der Waals surface area contributed by atoms with E-state index in [0.29, 0.717) is 0 Å². The monoisotopic (exact) mass is 272 g/mol. The molecule has 2 aromatic rings.